The molecular formula is C23H25N3O4S. The summed E-state index contributed by atoms with van der Waals surface area (Å²) in [5.41, 5.74) is 1.86. The molecule has 0 bridgehead atoms. The van der Waals surface area contributed by atoms with Crippen LogP contribution in [0.5, 0.6) is 11.5 Å². The highest BCUT2D eigenvalue weighted by Crippen LogP contribution is 2.39. The molecular weight excluding hydrogens is 414 g/mol. The molecule has 1 N–H and O–H groups in total. The number of nitrogens with zero attached hydrogens (tertiary/aromatic N) is 2. The van der Waals surface area contributed by atoms with E-state index in [2.05, 4.69) is 4.98 Å². The van der Waals surface area contributed by atoms with Gasteiger partial charge in [0, 0.05) is 24.2 Å². The minimum atomic E-state index is -0.152. The summed E-state index contributed by atoms with van der Waals surface area (Å²) >= 11 is 5.30. The molecule has 1 unspecified atom stereocenters. The lowest BCUT2D eigenvalue weighted by Gasteiger charge is -2.27. The van der Waals surface area contributed by atoms with Crippen LogP contribution in [0.15, 0.2) is 41.2 Å². The average Bonchev–Trinajstić information content (AvgIpc) is 3.27. The minimum absolute atomic E-state index is 0.0896. The van der Waals surface area contributed by atoms with Gasteiger partial charge in [0.1, 0.15) is 11.5 Å². The summed E-state index contributed by atoms with van der Waals surface area (Å²) in [6, 6.07) is 10.6. The van der Waals surface area contributed by atoms with E-state index in [1.807, 2.05) is 30.0 Å². The van der Waals surface area contributed by atoms with Gasteiger partial charge in [-0.05, 0) is 68.4 Å². The predicted octanol–water partition coefficient (Wildman–Crippen LogP) is 4.07. The number of nitrogens with one attached hydrogen (secondary N) is 1. The maximum absolute atomic E-state index is 13.5. The van der Waals surface area contributed by atoms with Gasteiger partial charge in [0.15, 0.2) is 4.77 Å². The predicted molar refractivity (Wildman–Crippen MR) is 122 cm³/mol. The molecule has 0 saturated carbocycles. The number of hydrogen-bond acceptors (Lipinski definition) is 5. The van der Waals surface area contributed by atoms with Crippen LogP contribution in [0.4, 0.5) is 0 Å². The monoisotopic (exact) mass is 439 g/mol. The van der Waals surface area contributed by atoms with E-state index >= 15 is 0 Å². The first kappa shape index (κ1) is 21.1. The molecule has 8 heteroatoms. The number of rotatable bonds is 5. The fourth-order valence-electron chi connectivity index (χ4n) is 4.27. The number of amides is 1. The molecule has 1 atom stereocenters. The Morgan fingerprint density at radius 1 is 1.19 bits per heavy atom. The minimum Gasteiger partial charge on any atom is -0.497 e. The molecule has 4 rings (SSSR count). The normalized spacial score (nSPS) is 16.0. The van der Waals surface area contributed by atoms with Gasteiger partial charge in [-0.2, -0.15) is 0 Å². The number of aromatic amines is 1. The molecule has 7 nitrogen and oxygen atoms in total. The van der Waals surface area contributed by atoms with Crippen molar-refractivity contribution in [2.24, 2.45) is 0 Å². The van der Waals surface area contributed by atoms with Crippen LogP contribution in [-0.2, 0) is 6.54 Å². The number of H-pyrrole nitrogens is 1. The molecule has 2 aromatic carbocycles. The number of ether oxygens (including phenoxy) is 2. The summed E-state index contributed by atoms with van der Waals surface area (Å²) in [6.07, 6.45) is 1.74. The highest BCUT2D eigenvalue weighted by Gasteiger charge is 2.33. The number of carbonyl (C=O) groups is 1. The molecule has 0 aliphatic carbocycles. The second kappa shape index (κ2) is 8.55. The highest BCUT2D eigenvalue weighted by atomic mass is 32.1. The molecule has 1 aliphatic heterocycles. The molecule has 1 aromatic heterocycles. The molecule has 162 valence electrons. The van der Waals surface area contributed by atoms with Crippen molar-refractivity contribution < 1.29 is 14.3 Å². The highest BCUT2D eigenvalue weighted by molar-refractivity contribution is 7.71. The number of methoxy groups -OCH3 is 2. The van der Waals surface area contributed by atoms with E-state index in [-0.39, 0.29) is 17.5 Å². The maximum atomic E-state index is 13.5. The number of benzene rings is 2. The molecule has 1 fully saturated rings. The van der Waals surface area contributed by atoms with E-state index in [0.717, 1.165) is 29.9 Å². The van der Waals surface area contributed by atoms with Gasteiger partial charge in [0.25, 0.3) is 11.5 Å². The van der Waals surface area contributed by atoms with E-state index in [0.29, 0.717) is 34.3 Å². The van der Waals surface area contributed by atoms with Crippen molar-refractivity contribution in [2.75, 3.05) is 20.8 Å². The second-order valence-corrected chi connectivity index (χ2v) is 7.89. The van der Waals surface area contributed by atoms with Gasteiger partial charge in [0.2, 0.25) is 0 Å². The van der Waals surface area contributed by atoms with Gasteiger partial charge in [-0.15, -0.1) is 0 Å². The Hall–Kier alpha value is -3.13. The Morgan fingerprint density at radius 3 is 2.71 bits per heavy atom. The molecule has 1 aliphatic rings. The third kappa shape index (κ3) is 3.72. The number of likely N-dealkylation sites (tertiary alicyclic amines) is 1. The van der Waals surface area contributed by atoms with E-state index < -0.39 is 0 Å². The van der Waals surface area contributed by atoms with E-state index in [4.69, 9.17) is 21.7 Å². The SMILES string of the molecule is CCn1c(=S)[nH]c2cc(C(=O)N3CCCC3c3cc(OC)ccc3OC)ccc2c1=O. The lowest BCUT2D eigenvalue weighted by molar-refractivity contribution is 0.0734. The fourth-order valence-corrected chi connectivity index (χ4v) is 4.60. The van der Waals surface area contributed by atoms with Gasteiger partial charge in [-0.1, -0.05) is 0 Å². The first-order valence-electron chi connectivity index (χ1n) is 10.3. The zero-order valence-corrected chi connectivity index (χ0v) is 18.6. The molecule has 0 radical (unpaired) electrons. The largest absolute Gasteiger partial charge is 0.497 e. The average molecular weight is 440 g/mol. The van der Waals surface area contributed by atoms with Crippen molar-refractivity contribution in [3.05, 3.63) is 62.6 Å². The fraction of sp³-hybridized carbons (Fsp3) is 0.348. The summed E-state index contributed by atoms with van der Waals surface area (Å²) in [5, 5.41) is 0.513. The Morgan fingerprint density at radius 2 is 2.00 bits per heavy atom. The van der Waals surface area contributed by atoms with Gasteiger partial charge in [-0.3, -0.25) is 14.2 Å². The number of hydrogen-bond donors (Lipinski definition) is 1. The molecule has 1 saturated heterocycles. The lowest BCUT2D eigenvalue weighted by atomic mass is 10.0. The van der Waals surface area contributed by atoms with Crippen LogP contribution in [0.2, 0.25) is 0 Å². The topological polar surface area (TPSA) is 76.6 Å². The third-order valence-electron chi connectivity index (χ3n) is 5.85. The number of carbonyl (C=O) groups excluding carboxylic acids is 1. The van der Waals surface area contributed by atoms with E-state index in [1.54, 1.807) is 32.4 Å². The maximum Gasteiger partial charge on any atom is 0.262 e. The van der Waals surface area contributed by atoms with Crippen molar-refractivity contribution in [1.82, 2.24) is 14.5 Å². The van der Waals surface area contributed by atoms with Crippen LogP contribution >= 0.6 is 12.2 Å². The second-order valence-electron chi connectivity index (χ2n) is 7.50. The van der Waals surface area contributed by atoms with Gasteiger partial charge in [0.05, 0.1) is 31.2 Å². The van der Waals surface area contributed by atoms with Crippen LogP contribution in [0.1, 0.15) is 41.7 Å². The van der Waals surface area contributed by atoms with Gasteiger partial charge >= 0.3 is 0 Å². The number of fused-ring (bicyclic) bond motifs is 1. The Labute approximate surface area is 185 Å². The quantitative estimate of drug-likeness (QED) is 0.607. The van der Waals surface area contributed by atoms with Gasteiger partial charge in [-0.25, -0.2) is 0 Å². The standard InChI is InChI=1S/C23H25N3O4S/c1-4-25-22(28)16-9-7-14(12-18(16)24-23(25)31)21(27)26-11-5-6-19(26)17-13-15(29-2)8-10-20(17)30-3/h7-10,12-13,19H,4-6,11H2,1-3H3,(H,24,31). The third-order valence-corrected chi connectivity index (χ3v) is 6.18. The van der Waals surface area contributed by atoms with Crippen molar-refractivity contribution in [2.45, 2.75) is 32.4 Å². The zero-order valence-electron chi connectivity index (χ0n) is 17.8. The lowest BCUT2D eigenvalue weighted by Crippen LogP contribution is -2.31. The van der Waals surface area contributed by atoms with Crippen molar-refractivity contribution in [1.29, 1.82) is 0 Å². The Kier molecular flexibility index (Phi) is 5.82. The molecule has 31 heavy (non-hydrogen) atoms. The van der Waals surface area contributed by atoms with Crippen LogP contribution in [-0.4, -0.2) is 41.1 Å². The van der Waals surface area contributed by atoms with Crippen LogP contribution < -0.4 is 15.0 Å². The first-order chi connectivity index (χ1) is 15.0. The molecule has 1 amide bonds. The molecule has 0 spiro atoms. The van der Waals surface area contributed by atoms with Crippen molar-refractivity contribution >= 4 is 29.0 Å². The smallest absolute Gasteiger partial charge is 0.262 e. The number of aromatic nitrogens is 2. The van der Waals surface area contributed by atoms with Gasteiger partial charge < -0.3 is 19.4 Å². The summed E-state index contributed by atoms with van der Waals surface area (Å²) < 4.78 is 12.8. The van der Waals surface area contributed by atoms with Crippen molar-refractivity contribution in [3.63, 3.8) is 0 Å². The van der Waals surface area contributed by atoms with Crippen LogP contribution in [0.3, 0.4) is 0 Å². The Balaban J connectivity index is 1.73. The van der Waals surface area contributed by atoms with Crippen LogP contribution in [0.25, 0.3) is 10.9 Å². The molecule has 3 aromatic rings. The Bertz CT molecular complexity index is 1260. The van der Waals surface area contributed by atoms with Crippen LogP contribution in [0, 0.1) is 4.77 Å². The van der Waals surface area contributed by atoms with E-state index in [9.17, 15) is 9.59 Å². The molecule has 2 heterocycles. The summed E-state index contributed by atoms with van der Waals surface area (Å²) in [7, 11) is 3.25. The summed E-state index contributed by atoms with van der Waals surface area (Å²) in [5.74, 6) is 1.36. The first-order valence-corrected chi connectivity index (χ1v) is 10.7. The van der Waals surface area contributed by atoms with E-state index in [1.165, 1.54) is 4.57 Å². The van der Waals surface area contributed by atoms with Crippen molar-refractivity contribution in [3.8, 4) is 11.5 Å². The summed E-state index contributed by atoms with van der Waals surface area (Å²) in [4.78, 5) is 31.0. The zero-order chi connectivity index (χ0) is 22.1. The summed E-state index contributed by atoms with van der Waals surface area (Å²) in [6.45, 7) is 3.01.